The van der Waals surface area contributed by atoms with E-state index in [2.05, 4.69) is 16.0 Å². The Labute approximate surface area is 237 Å². The highest BCUT2D eigenvalue weighted by atomic mass is 16.6. The number of hydrogen-bond acceptors (Lipinski definition) is 7. The molecule has 1 unspecified atom stereocenters. The molecule has 1 aliphatic rings. The van der Waals surface area contributed by atoms with Gasteiger partial charge in [0.15, 0.2) is 0 Å². The Morgan fingerprint density at radius 3 is 2.10 bits per heavy atom. The Morgan fingerprint density at radius 1 is 1.00 bits per heavy atom. The topological polar surface area (TPSA) is 180 Å². The number of ether oxygens (including phenoxy) is 1. The predicted molar refractivity (Wildman–Crippen MR) is 152 cm³/mol. The van der Waals surface area contributed by atoms with Crippen molar-refractivity contribution in [2.45, 2.75) is 109 Å². The van der Waals surface area contributed by atoms with E-state index in [0.717, 1.165) is 38.2 Å². The van der Waals surface area contributed by atoms with Crippen molar-refractivity contribution in [3.8, 4) is 0 Å². The molecule has 2 rings (SSSR count). The molecule has 226 valence electrons. The molecule has 1 aromatic carbocycles. The number of aliphatic hydroxyl groups excluding tert-OH is 1. The third kappa shape index (κ3) is 14.8. The molecule has 0 bridgehead atoms. The first-order chi connectivity index (χ1) is 18.7. The number of nitrogens with two attached hydrogens (primary N) is 1. The van der Waals surface area contributed by atoms with E-state index in [1.54, 1.807) is 27.7 Å². The number of rotatable bonds is 11. The molecular weight excluding hydrogens is 516 g/mol. The number of carboxylic acid groups (broad SMARTS) is 1. The Morgan fingerprint density at radius 2 is 1.57 bits per heavy atom. The molecule has 1 aliphatic carbocycles. The average Bonchev–Trinajstić information content (AvgIpc) is 2.87. The molecule has 0 heterocycles. The number of amides is 3. The summed E-state index contributed by atoms with van der Waals surface area (Å²) in [5, 5.41) is 26.0. The Kier molecular flexibility index (Phi) is 15.2. The van der Waals surface area contributed by atoms with Crippen molar-refractivity contribution in [3.05, 3.63) is 35.9 Å². The highest BCUT2D eigenvalue weighted by Gasteiger charge is 2.30. The number of nitrogens with one attached hydrogen (secondary N) is 3. The number of alkyl carbamates (subject to hydrolysis) is 1. The van der Waals surface area contributed by atoms with Gasteiger partial charge >= 0.3 is 6.09 Å². The fourth-order valence-corrected chi connectivity index (χ4v) is 4.45. The van der Waals surface area contributed by atoms with Crippen molar-refractivity contribution >= 4 is 23.9 Å². The quantitative estimate of drug-likeness (QED) is 0.237. The molecule has 7 N–H and O–H groups in total. The van der Waals surface area contributed by atoms with E-state index in [9.17, 15) is 19.5 Å². The van der Waals surface area contributed by atoms with Gasteiger partial charge in [-0.2, -0.15) is 0 Å². The first-order valence-corrected chi connectivity index (χ1v) is 13.9. The first kappa shape index (κ1) is 34.8. The first-order valence-electron chi connectivity index (χ1n) is 13.9. The average molecular weight is 565 g/mol. The molecular formula is C29H48N4O7. The molecule has 3 amide bonds. The minimum atomic E-state index is -0.940. The standard InChI is InChI=1S/C27H44N4O5.C2H4O2/c1-18(24(33)30-21(23(32)17-28)15-19-11-7-5-8-12-19)29-25(34)22(16-20-13-9-6-10-14-20)31-26(35)36-27(2,3)4;1-2(3)4/h6,9-10,13-14,18-19,21-23,32H,5,7-8,11-12,15-17,28H2,1-4H3,(H,29,34)(H,30,33)(H,31,35);1H3,(H,3,4)/t18-,21-,22-,23?;/m0./s1. The van der Waals surface area contributed by atoms with Crippen LogP contribution in [0.25, 0.3) is 0 Å². The minimum absolute atomic E-state index is 0.0391. The summed E-state index contributed by atoms with van der Waals surface area (Å²) in [6, 6.07) is 6.98. The maximum absolute atomic E-state index is 13.1. The van der Waals surface area contributed by atoms with Gasteiger partial charge in [-0.3, -0.25) is 14.4 Å². The van der Waals surface area contributed by atoms with Crippen LogP contribution in [0, 0.1) is 5.92 Å². The van der Waals surface area contributed by atoms with Crippen LogP contribution in [-0.4, -0.2) is 70.5 Å². The van der Waals surface area contributed by atoms with Gasteiger partial charge in [-0.1, -0.05) is 62.4 Å². The van der Waals surface area contributed by atoms with Gasteiger partial charge < -0.3 is 36.6 Å². The summed E-state index contributed by atoms with van der Waals surface area (Å²) in [6.07, 6.45) is 5.00. The van der Waals surface area contributed by atoms with E-state index >= 15 is 0 Å². The number of aliphatic carboxylic acids is 1. The van der Waals surface area contributed by atoms with Crippen molar-refractivity contribution in [1.82, 2.24) is 16.0 Å². The lowest BCUT2D eigenvalue weighted by atomic mass is 9.83. The van der Waals surface area contributed by atoms with Crippen molar-refractivity contribution in [1.29, 1.82) is 0 Å². The molecule has 0 saturated heterocycles. The summed E-state index contributed by atoms with van der Waals surface area (Å²) < 4.78 is 5.32. The number of carbonyl (C=O) groups is 4. The van der Waals surface area contributed by atoms with Crippen LogP contribution < -0.4 is 21.7 Å². The van der Waals surface area contributed by atoms with Crippen molar-refractivity contribution < 1.29 is 34.1 Å². The van der Waals surface area contributed by atoms with E-state index < -0.39 is 53.7 Å². The summed E-state index contributed by atoms with van der Waals surface area (Å²) >= 11 is 0. The van der Waals surface area contributed by atoms with Crippen LogP contribution >= 0.6 is 0 Å². The van der Waals surface area contributed by atoms with Crippen LogP contribution in [0.5, 0.6) is 0 Å². The molecule has 11 heteroatoms. The van der Waals surface area contributed by atoms with Gasteiger partial charge in [0.2, 0.25) is 11.8 Å². The molecule has 40 heavy (non-hydrogen) atoms. The van der Waals surface area contributed by atoms with Gasteiger partial charge in [-0.05, 0) is 45.6 Å². The van der Waals surface area contributed by atoms with Gasteiger partial charge in [0.05, 0.1) is 12.1 Å². The lowest BCUT2D eigenvalue weighted by molar-refractivity contribution is -0.134. The van der Waals surface area contributed by atoms with Crippen LogP contribution in [0.3, 0.4) is 0 Å². The fourth-order valence-electron chi connectivity index (χ4n) is 4.45. The Bertz CT molecular complexity index is 926. The van der Waals surface area contributed by atoms with Gasteiger partial charge in [0, 0.05) is 19.9 Å². The normalized spacial score (nSPS) is 16.7. The summed E-state index contributed by atoms with van der Waals surface area (Å²) in [5.74, 6) is -1.31. The van der Waals surface area contributed by atoms with E-state index in [1.807, 2.05) is 30.3 Å². The minimum Gasteiger partial charge on any atom is -0.481 e. The Balaban J connectivity index is 0.00000187. The van der Waals surface area contributed by atoms with E-state index in [1.165, 1.54) is 6.42 Å². The summed E-state index contributed by atoms with van der Waals surface area (Å²) in [6.45, 7) is 7.92. The summed E-state index contributed by atoms with van der Waals surface area (Å²) in [5.41, 5.74) is 5.82. The van der Waals surface area contributed by atoms with Gasteiger partial charge in [-0.25, -0.2) is 4.79 Å². The third-order valence-electron chi connectivity index (χ3n) is 6.39. The van der Waals surface area contributed by atoms with E-state index in [0.29, 0.717) is 12.3 Å². The van der Waals surface area contributed by atoms with Gasteiger partial charge in [0.25, 0.3) is 5.97 Å². The molecule has 0 radical (unpaired) electrons. The predicted octanol–water partition coefficient (Wildman–Crippen LogP) is 2.49. The zero-order chi connectivity index (χ0) is 30.3. The molecule has 0 aromatic heterocycles. The van der Waals surface area contributed by atoms with Crippen LogP contribution in [0.4, 0.5) is 4.79 Å². The second kappa shape index (κ2) is 17.5. The number of aliphatic hydroxyl groups is 1. The van der Waals surface area contributed by atoms with Crippen molar-refractivity contribution in [3.63, 3.8) is 0 Å². The summed E-state index contributed by atoms with van der Waals surface area (Å²) in [4.78, 5) is 47.5. The molecule has 0 spiro atoms. The zero-order valence-electron chi connectivity index (χ0n) is 24.4. The van der Waals surface area contributed by atoms with E-state index in [4.69, 9.17) is 20.4 Å². The van der Waals surface area contributed by atoms with Gasteiger partial charge in [-0.15, -0.1) is 0 Å². The zero-order valence-corrected chi connectivity index (χ0v) is 24.4. The molecule has 1 fully saturated rings. The van der Waals surface area contributed by atoms with Crippen LogP contribution in [0.2, 0.25) is 0 Å². The highest BCUT2D eigenvalue weighted by Crippen LogP contribution is 2.28. The second-order valence-corrected chi connectivity index (χ2v) is 11.3. The summed E-state index contributed by atoms with van der Waals surface area (Å²) in [7, 11) is 0. The fraction of sp³-hybridized carbons (Fsp3) is 0.655. The maximum atomic E-state index is 13.1. The SMILES string of the molecule is CC(=O)O.C[C@H](NC(=O)[C@H](Cc1ccccc1)NC(=O)OC(C)(C)C)C(=O)N[C@@H](CC1CCCCC1)C(O)CN. The number of hydrogen-bond donors (Lipinski definition) is 6. The van der Waals surface area contributed by atoms with E-state index in [-0.39, 0.29) is 13.0 Å². The van der Waals surface area contributed by atoms with Crippen molar-refractivity contribution in [2.24, 2.45) is 11.7 Å². The molecule has 4 atom stereocenters. The highest BCUT2D eigenvalue weighted by molar-refractivity contribution is 5.91. The molecule has 1 saturated carbocycles. The van der Waals surface area contributed by atoms with Crippen molar-refractivity contribution in [2.75, 3.05) is 6.54 Å². The lowest BCUT2D eigenvalue weighted by Crippen LogP contribution is -2.56. The largest absolute Gasteiger partial charge is 0.481 e. The number of carbonyl (C=O) groups excluding carboxylic acids is 3. The number of benzene rings is 1. The lowest BCUT2D eigenvalue weighted by Gasteiger charge is -2.30. The van der Waals surface area contributed by atoms with Crippen LogP contribution in [0.1, 0.15) is 78.7 Å². The Hall–Kier alpha value is -3.18. The molecule has 1 aromatic rings. The smallest absolute Gasteiger partial charge is 0.408 e. The van der Waals surface area contributed by atoms with Crippen LogP contribution in [-0.2, 0) is 25.5 Å². The maximum Gasteiger partial charge on any atom is 0.408 e. The number of carboxylic acids is 1. The molecule has 0 aliphatic heterocycles. The second-order valence-electron chi connectivity index (χ2n) is 11.3. The van der Waals surface area contributed by atoms with Crippen LogP contribution in [0.15, 0.2) is 30.3 Å². The van der Waals surface area contributed by atoms with Gasteiger partial charge in [0.1, 0.15) is 17.7 Å². The third-order valence-corrected chi connectivity index (χ3v) is 6.39. The molecule has 11 nitrogen and oxygen atoms in total. The monoisotopic (exact) mass is 564 g/mol.